The topological polar surface area (TPSA) is 47.9 Å². The molecule has 0 spiro atoms. The second-order valence-electron chi connectivity index (χ2n) is 3.36. The van der Waals surface area contributed by atoms with Crippen molar-refractivity contribution in [3.05, 3.63) is 23.8 Å². The van der Waals surface area contributed by atoms with E-state index < -0.39 is 0 Å². The molecule has 0 atom stereocenters. The van der Waals surface area contributed by atoms with Gasteiger partial charge in [0.05, 0.1) is 21.3 Å². The van der Waals surface area contributed by atoms with Gasteiger partial charge in [0.2, 0.25) is 0 Å². The fourth-order valence-electron chi connectivity index (χ4n) is 1.47. The smallest absolute Gasteiger partial charge is 0.164 e. The summed E-state index contributed by atoms with van der Waals surface area (Å²) in [5.74, 6) is 1.98. The summed E-state index contributed by atoms with van der Waals surface area (Å²) in [7, 11) is 4.77. The van der Waals surface area contributed by atoms with Crippen LogP contribution in [-0.2, 0) is 0 Å². The molecule has 1 rings (SSSR count). The van der Waals surface area contributed by atoms with Crippen LogP contribution in [0.25, 0.3) is 6.08 Å². The molecule has 0 unspecified atom stereocenters. The van der Waals surface area contributed by atoms with Crippen molar-refractivity contribution in [2.24, 2.45) is 0 Å². The van der Waals surface area contributed by atoms with Gasteiger partial charge in [-0.3, -0.25) is 0 Å². The van der Waals surface area contributed by atoms with Crippen molar-refractivity contribution in [2.45, 2.75) is 6.42 Å². The summed E-state index contributed by atoms with van der Waals surface area (Å²) in [6.45, 7) is 0.131. The molecule has 0 saturated heterocycles. The van der Waals surface area contributed by atoms with E-state index in [2.05, 4.69) is 0 Å². The van der Waals surface area contributed by atoms with Gasteiger partial charge in [0.25, 0.3) is 0 Å². The Hall–Kier alpha value is -1.68. The van der Waals surface area contributed by atoms with Gasteiger partial charge in [-0.2, -0.15) is 0 Å². The highest BCUT2D eigenvalue weighted by Crippen LogP contribution is 2.35. The number of hydrogen-bond donors (Lipinski definition) is 1. The number of rotatable bonds is 6. The zero-order valence-electron chi connectivity index (χ0n) is 10.4. The van der Waals surface area contributed by atoms with Gasteiger partial charge in [-0.15, -0.1) is 0 Å². The van der Waals surface area contributed by atoms with Crippen LogP contribution in [0.2, 0.25) is 0 Å². The molecule has 0 aliphatic rings. The standard InChI is InChI=1S/C13H18O4/c1-15-11-9-13(17-3)12(16-2)8-10(11)6-4-5-7-14/h4,6,8-9,14H,5,7H2,1-3H3/b6-4+. The number of hydrogen-bond acceptors (Lipinski definition) is 4. The first-order chi connectivity index (χ1) is 8.26. The Morgan fingerprint density at radius 3 is 2.12 bits per heavy atom. The van der Waals surface area contributed by atoms with Crippen LogP contribution in [0.1, 0.15) is 12.0 Å². The maximum atomic E-state index is 8.73. The Balaban J connectivity index is 3.09. The predicted octanol–water partition coefficient (Wildman–Crippen LogP) is 2.11. The molecular formula is C13H18O4. The van der Waals surface area contributed by atoms with Gasteiger partial charge in [-0.1, -0.05) is 12.2 Å². The van der Waals surface area contributed by atoms with E-state index in [9.17, 15) is 0 Å². The third-order valence-electron chi connectivity index (χ3n) is 2.33. The Morgan fingerprint density at radius 1 is 1.00 bits per heavy atom. The van der Waals surface area contributed by atoms with E-state index in [0.29, 0.717) is 23.7 Å². The van der Waals surface area contributed by atoms with Crippen molar-refractivity contribution in [3.63, 3.8) is 0 Å². The zero-order chi connectivity index (χ0) is 12.7. The first-order valence-corrected chi connectivity index (χ1v) is 5.34. The van der Waals surface area contributed by atoms with Crippen molar-refractivity contribution >= 4 is 6.08 Å². The molecule has 0 radical (unpaired) electrons. The largest absolute Gasteiger partial charge is 0.496 e. The minimum absolute atomic E-state index is 0.131. The van der Waals surface area contributed by atoms with Crippen molar-refractivity contribution in [1.29, 1.82) is 0 Å². The van der Waals surface area contributed by atoms with Crippen LogP contribution >= 0.6 is 0 Å². The van der Waals surface area contributed by atoms with E-state index in [1.165, 1.54) is 0 Å². The third-order valence-corrected chi connectivity index (χ3v) is 2.33. The minimum atomic E-state index is 0.131. The second kappa shape index (κ2) is 6.81. The molecule has 0 fully saturated rings. The lowest BCUT2D eigenvalue weighted by molar-refractivity contribution is 0.303. The van der Waals surface area contributed by atoms with Gasteiger partial charge in [-0.05, 0) is 12.5 Å². The monoisotopic (exact) mass is 238 g/mol. The van der Waals surface area contributed by atoms with Crippen LogP contribution in [-0.4, -0.2) is 33.0 Å². The number of aliphatic hydroxyl groups is 1. The van der Waals surface area contributed by atoms with E-state index in [1.54, 1.807) is 27.4 Å². The van der Waals surface area contributed by atoms with Crippen LogP contribution in [0.3, 0.4) is 0 Å². The molecule has 0 aromatic heterocycles. The molecule has 17 heavy (non-hydrogen) atoms. The van der Waals surface area contributed by atoms with Gasteiger partial charge in [0.1, 0.15) is 5.75 Å². The van der Waals surface area contributed by atoms with E-state index in [4.69, 9.17) is 19.3 Å². The maximum Gasteiger partial charge on any atom is 0.164 e. The molecule has 0 heterocycles. The Kier molecular flexibility index (Phi) is 5.36. The van der Waals surface area contributed by atoms with Crippen molar-refractivity contribution in [2.75, 3.05) is 27.9 Å². The van der Waals surface area contributed by atoms with E-state index in [-0.39, 0.29) is 6.61 Å². The molecule has 1 N–H and O–H groups in total. The molecule has 4 nitrogen and oxygen atoms in total. The predicted molar refractivity (Wildman–Crippen MR) is 66.8 cm³/mol. The summed E-state index contributed by atoms with van der Waals surface area (Å²) in [4.78, 5) is 0. The van der Waals surface area contributed by atoms with Crippen LogP contribution < -0.4 is 14.2 Å². The molecular weight excluding hydrogens is 220 g/mol. The average molecular weight is 238 g/mol. The quantitative estimate of drug-likeness (QED) is 0.824. The van der Waals surface area contributed by atoms with Gasteiger partial charge in [0, 0.05) is 18.2 Å². The first-order valence-electron chi connectivity index (χ1n) is 5.34. The summed E-state index contributed by atoms with van der Waals surface area (Å²) < 4.78 is 15.7. The molecule has 0 aliphatic heterocycles. The normalized spacial score (nSPS) is 10.6. The maximum absolute atomic E-state index is 8.73. The molecule has 0 saturated carbocycles. The van der Waals surface area contributed by atoms with E-state index in [0.717, 1.165) is 5.56 Å². The number of aliphatic hydroxyl groups excluding tert-OH is 1. The molecule has 0 amide bonds. The lowest BCUT2D eigenvalue weighted by Gasteiger charge is -2.12. The summed E-state index contributed by atoms with van der Waals surface area (Å²) in [5, 5.41) is 8.73. The number of ether oxygens (including phenoxy) is 3. The second-order valence-corrected chi connectivity index (χ2v) is 3.36. The number of benzene rings is 1. The van der Waals surface area contributed by atoms with Gasteiger partial charge in [-0.25, -0.2) is 0 Å². The van der Waals surface area contributed by atoms with Crippen molar-refractivity contribution < 1.29 is 19.3 Å². The first kappa shape index (κ1) is 13.4. The Labute approximate surface area is 101 Å². The molecule has 4 heteroatoms. The van der Waals surface area contributed by atoms with Crippen molar-refractivity contribution in [3.8, 4) is 17.2 Å². The number of methoxy groups -OCH3 is 3. The molecule has 1 aromatic carbocycles. The lowest BCUT2D eigenvalue weighted by atomic mass is 10.1. The Morgan fingerprint density at radius 2 is 1.59 bits per heavy atom. The fraction of sp³-hybridized carbons (Fsp3) is 0.385. The highest BCUT2D eigenvalue weighted by Gasteiger charge is 2.09. The molecule has 94 valence electrons. The fourth-order valence-corrected chi connectivity index (χ4v) is 1.47. The summed E-state index contributed by atoms with van der Waals surface area (Å²) in [5.41, 5.74) is 0.888. The SMILES string of the molecule is COc1cc(OC)c(OC)cc1/C=C/CCO. The highest BCUT2D eigenvalue weighted by molar-refractivity contribution is 5.63. The third kappa shape index (κ3) is 3.39. The zero-order valence-corrected chi connectivity index (χ0v) is 10.4. The molecule has 0 bridgehead atoms. The minimum Gasteiger partial charge on any atom is -0.496 e. The van der Waals surface area contributed by atoms with Crippen LogP contribution in [0.5, 0.6) is 17.2 Å². The average Bonchev–Trinajstić information content (AvgIpc) is 2.38. The van der Waals surface area contributed by atoms with Gasteiger partial charge in [0.15, 0.2) is 11.5 Å². The van der Waals surface area contributed by atoms with Gasteiger partial charge < -0.3 is 19.3 Å². The van der Waals surface area contributed by atoms with Crippen LogP contribution in [0, 0.1) is 0 Å². The summed E-state index contributed by atoms with van der Waals surface area (Å²) in [6.07, 6.45) is 4.37. The molecule has 0 aliphatic carbocycles. The van der Waals surface area contributed by atoms with E-state index >= 15 is 0 Å². The van der Waals surface area contributed by atoms with Crippen molar-refractivity contribution in [1.82, 2.24) is 0 Å². The summed E-state index contributed by atoms with van der Waals surface area (Å²) >= 11 is 0. The Bertz CT molecular complexity index is 385. The highest BCUT2D eigenvalue weighted by atomic mass is 16.5. The summed E-state index contributed by atoms with van der Waals surface area (Å²) in [6, 6.07) is 3.61. The van der Waals surface area contributed by atoms with Gasteiger partial charge >= 0.3 is 0 Å². The van der Waals surface area contributed by atoms with E-state index in [1.807, 2.05) is 18.2 Å². The lowest BCUT2D eigenvalue weighted by Crippen LogP contribution is -1.94. The van der Waals surface area contributed by atoms with Crippen LogP contribution in [0.4, 0.5) is 0 Å². The molecule has 1 aromatic rings. The van der Waals surface area contributed by atoms with Crippen LogP contribution in [0.15, 0.2) is 18.2 Å².